The number of hydrogen-bond acceptors (Lipinski definition) is 5. The lowest BCUT2D eigenvalue weighted by Crippen LogP contribution is -2.40. The monoisotopic (exact) mass is 253 g/mol. The zero-order valence-electron chi connectivity index (χ0n) is 11.1. The molecule has 1 aromatic rings. The first kappa shape index (κ1) is 14.2. The second-order valence-electron chi connectivity index (χ2n) is 4.57. The number of rotatable bonds is 6. The smallest absolute Gasteiger partial charge is 0.328 e. The number of ether oxygens (including phenoxy) is 1. The van der Waals surface area contributed by atoms with E-state index in [0.29, 0.717) is 12.5 Å². The van der Waals surface area contributed by atoms with Crippen LogP contribution in [0.1, 0.15) is 32.9 Å². The zero-order valence-corrected chi connectivity index (χ0v) is 11.1. The van der Waals surface area contributed by atoms with Crippen molar-refractivity contribution in [3.05, 3.63) is 11.8 Å². The van der Waals surface area contributed by atoms with Gasteiger partial charge in [0.25, 0.3) is 0 Å². The van der Waals surface area contributed by atoms with Crippen LogP contribution >= 0.6 is 0 Å². The fourth-order valence-corrected chi connectivity index (χ4v) is 1.21. The lowest BCUT2D eigenvalue weighted by atomic mass is 10.1. The molecule has 0 aliphatic heterocycles. The third-order valence-electron chi connectivity index (χ3n) is 2.24. The van der Waals surface area contributed by atoms with Gasteiger partial charge in [0, 0.05) is 11.8 Å². The number of hydrogen-bond donors (Lipinski definition) is 2. The van der Waals surface area contributed by atoms with Gasteiger partial charge in [-0.25, -0.2) is 9.78 Å². The minimum atomic E-state index is -1.13. The van der Waals surface area contributed by atoms with Gasteiger partial charge in [-0.1, -0.05) is 6.92 Å². The summed E-state index contributed by atoms with van der Waals surface area (Å²) in [5, 5.41) is 11.8. The van der Waals surface area contributed by atoms with Crippen LogP contribution in [0.4, 0.5) is 5.95 Å². The fraction of sp³-hybridized carbons (Fsp3) is 0.583. The van der Waals surface area contributed by atoms with Crippen molar-refractivity contribution in [3.8, 4) is 5.88 Å². The largest absolute Gasteiger partial charge is 0.480 e. The summed E-state index contributed by atoms with van der Waals surface area (Å²) in [6, 6.07) is 1.72. The van der Waals surface area contributed by atoms with Crippen molar-refractivity contribution in [3.63, 3.8) is 0 Å². The highest BCUT2D eigenvalue weighted by Gasteiger charge is 2.27. The van der Waals surface area contributed by atoms with Gasteiger partial charge in [-0.05, 0) is 27.2 Å². The SMILES string of the molecule is CCCOc1cc(C)nc(NC(C)(C)C(=O)O)n1. The standard InChI is InChI=1S/C12H19N3O3/c1-5-6-18-9-7-8(2)13-11(14-9)15-12(3,4)10(16)17/h7H,5-6H2,1-4H3,(H,16,17)(H,13,14,15). The van der Waals surface area contributed by atoms with Crippen LogP contribution in [0.15, 0.2) is 6.07 Å². The highest BCUT2D eigenvalue weighted by molar-refractivity contribution is 5.80. The predicted molar refractivity (Wildman–Crippen MR) is 67.9 cm³/mol. The predicted octanol–water partition coefficient (Wildman–Crippen LogP) is 1.85. The van der Waals surface area contributed by atoms with Gasteiger partial charge in [-0.15, -0.1) is 0 Å². The van der Waals surface area contributed by atoms with Gasteiger partial charge in [0.2, 0.25) is 11.8 Å². The second-order valence-corrected chi connectivity index (χ2v) is 4.57. The molecule has 0 saturated heterocycles. The van der Waals surface area contributed by atoms with E-state index in [1.54, 1.807) is 26.8 Å². The van der Waals surface area contributed by atoms with E-state index in [9.17, 15) is 4.79 Å². The summed E-state index contributed by atoms with van der Waals surface area (Å²) in [5.41, 5.74) is -0.407. The first-order valence-corrected chi connectivity index (χ1v) is 5.85. The van der Waals surface area contributed by atoms with Crippen LogP contribution in [0.25, 0.3) is 0 Å². The number of carbonyl (C=O) groups is 1. The lowest BCUT2D eigenvalue weighted by molar-refractivity contribution is -0.141. The van der Waals surface area contributed by atoms with Gasteiger partial charge in [0.15, 0.2) is 0 Å². The van der Waals surface area contributed by atoms with E-state index < -0.39 is 11.5 Å². The molecule has 0 radical (unpaired) electrons. The molecule has 0 fully saturated rings. The number of aromatic nitrogens is 2. The highest BCUT2D eigenvalue weighted by Crippen LogP contribution is 2.16. The van der Waals surface area contributed by atoms with Crippen LogP contribution in [0.2, 0.25) is 0 Å². The summed E-state index contributed by atoms with van der Waals surface area (Å²) in [7, 11) is 0. The highest BCUT2D eigenvalue weighted by atomic mass is 16.5. The van der Waals surface area contributed by atoms with Crippen LogP contribution in [-0.2, 0) is 4.79 Å². The average molecular weight is 253 g/mol. The number of aryl methyl sites for hydroxylation is 1. The topological polar surface area (TPSA) is 84.3 Å². The minimum Gasteiger partial charge on any atom is -0.480 e. The van der Waals surface area contributed by atoms with E-state index >= 15 is 0 Å². The maximum atomic E-state index is 11.0. The van der Waals surface area contributed by atoms with Crippen molar-refractivity contribution in [2.24, 2.45) is 0 Å². The Bertz CT molecular complexity index is 433. The van der Waals surface area contributed by atoms with Gasteiger partial charge in [-0.2, -0.15) is 4.98 Å². The molecule has 18 heavy (non-hydrogen) atoms. The number of anilines is 1. The molecule has 0 spiro atoms. The Hall–Kier alpha value is -1.85. The quantitative estimate of drug-likeness (QED) is 0.804. The Labute approximate surface area is 106 Å². The molecule has 0 aliphatic rings. The summed E-state index contributed by atoms with van der Waals surface area (Å²) in [5.74, 6) is -0.259. The van der Waals surface area contributed by atoms with E-state index in [1.165, 1.54) is 0 Å². The number of carboxylic acids is 1. The van der Waals surface area contributed by atoms with E-state index in [4.69, 9.17) is 9.84 Å². The van der Waals surface area contributed by atoms with Crippen LogP contribution in [0, 0.1) is 6.92 Å². The van der Waals surface area contributed by atoms with Crippen LogP contribution < -0.4 is 10.1 Å². The molecule has 1 aromatic heterocycles. The molecule has 0 unspecified atom stereocenters. The Morgan fingerprint density at radius 1 is 1.50 bits per heavy atom. The summed E-state index contributed by atoms with van der Waals surface area (Å²) in [6.45, 7) is 7.47. The van der Waals surface area contributed by atoms with Gasteiger partial charge in [-0.3, -0.25) is 0 Å². The molecule has 0 aliphatic carbocycles. The maximum Gasteiger partial charge on any atom is 0.328 e. The Morgan fingerprint density at radius 2 is 2.17 bits per heavy atom. The summed E-state index contributed by atoms with van der Waals surface area (Å²) in [4.78, 5) is 19.3. The third kappa shape index (κ3) is 3.87. The summed E-state index contributed by atoms with van der Waals surface area (Å²) < 4.78 is 5.41. The van der Waals surface area contributed by atoms with Crippen LogP contribution in [0.5, 0.6) is 5.88 Å². The molecule has 1 heterocycles. The first-order chi connectivity index (χ1) is 8.35. The first-order valence-electron chi connectivity index (χ1n) is 5.85. The second kappa shape index (κ2) is 5.66. The minimum absolute atomic E-state index is 0.258. The van der Waals surface area contributed by atoms with Gasteiger partial charge in [0.1, 0.15) is 5.54 Å². The molecule has 6 nitrogen and oxygen atoms in total. The third-order valence-corrected chi connectivity index (χ3v) is 2.24. The summed E-state index contributed by atoms with van der Waals surface area (Å²) in [6.07, 6.45) is 0.881. The normalized spacial score (nSPS) is 11.1. The van der Waals surface area contributed by atoms with Gasteiger partial charge in [0.05, 0.1) is 6.61 Å². The van der Waals surface area contributed by atoms with E-state index in [2.05, 4.69) is 15.3 Å². The van der Waals surface area contributed by atoms with Crippen molar-refractivity contribution in [1.29, 1.82) is 0 Å². The van der Waals surface area contributed by atoms with E-state index in [0.717, 1.165) is 12.1 Å². The van der Waals surface area contributed by atoms with Gasteiger partial charge >= 0.3 is 5.97 Å². The fourth-order valence-electron chi connectivity index (χ4n) is 1.21. The van der Waals surface area contributed by atoms with Crippen LogP contribution in [-0.4, -0.2) is 33.2 Å². The molecule has 6 heteroatoms. The number of carboxylic acid groups (broad SMARTS) is 1. The van der Waals surface area contributed by atoms with E-state index in [1.807, 2.05) is 6.92 Å². The zero-order chi connectivity index (χ0) is 13.8. The average Bonchev–Trinajstić information content (AvgIpc) is 2.24. The molecule has 0 bridgehead atoms. The number of nitrogens with zero attached hydrogens (tertiary/aromatic N) is 2. The Morgan fingerprint density at radius 3 is 2.72 bits per heavy atom. The molecule has 0 saturated carbocycles. The number of nitrogens with one attached hydrogen (secondary N) is 1. The van der Waals surface area contributed by atoms with Crippen LogP contribution in [0.3, 0.4) is 0 Å². The van der Waals surface area contributed by atoms with Crippen molar-refractivity contribution >= 4 is 11.9 Å². The van der Waals surface area contributed by atoms with Gasteiger partial charge < -0.3 is 15.2 Å². The molecular formula is C12H19N3O3. The lowest BCUT2D eigenvalue weighted by Gasteiger charge is -2.21. The van der Waals surface area contributed by atoms with Crippen molar-refractivity contribution in [2.45, 2.75) is 39.7 Å². The van der Waals surface area contributed by atoms with Crippen molar-refractivity contribution in [1.82, 2.24) is 9.97 Å². The maximum absolute atomic E-state index is 11.0. The molecule has 0 aromatic carbocycles. The van der Waals surface area contributed by atoms with Crippen molar-refractivity contribution in [2.75, 3.05) is 11.9 Å². The summed E-state index contributed by atoms with van der Waals surface area (Å²) >= 11 is 0. The molecule has 100 valence electrons. The van der Waals surface area contributed by atoms with Crippen molar-refractivity contribution < 1.29 is 14.6 Å². The Balaban J connectivity index is 2.89. The molecule has 2 N–H and O–H groups in total. The Kier molecular flexibility index (Phi) is 4.47. The molecular weight excluding hydrogens is 234 g/mol. The molecule has 1 rings (SSSR count). The number of aliphatic carboxylic acids is 1. The molecule has 0 atom stereocenters. The van der Waals surface area contributed by atoms with E-state index in [-0.39, 0.29) is 5.95 Å². The molecule has 0 amide bonds.